The summed E-state index contributed by atoms with van der Waals surface area (Å²) in [6.45, 7) is 2.19. The molecule has 1 spiro atoms. The molecule has 0 bridgehead atoms. The molecule has 2 atom stereocenters. The summed E-state index contributed by atoms with van der Waals surface area (Å²) in [7, 11) is 0. The van der Waals surface area contributed by atoms with Crippen molar-refractivity contribution in [1.82, 2.24) is 4.90 Å². The second-order valence-electron chi connectivity index (χ2n) is 9.48. The van der Waals surface area contributed by atoms with Crippen molar-refractivity contribution in [1.29, 1.82) is 0 Å². The van der Waals surface area contributed by atoms with Crippen LogP contribution in [0.2, 0.25) is 0 Å². The predicted octanol–water partition coefficient (Wildman–Crippen LogP) is 5.26. The van der Waals surface area contributed by atoms with Crippen LogP contribution in [0.4, 0.5) is 8.78 Å². The number of carboxylic acid groups (broad SMARTS) is 1. The van der Waals surface area contributed by atoms with E-state index in [9.17, 15) is 23.5 Å². The van der Waals surface area contributed by atoms with E-state index in [0.29, 0.717) is 18.1 Å². The van der Waals surface area contributed by atoms with Crippen LogP contribution < -0.4 is 0 Å². The second-order valence-corrected chi connectivity index (χ2v) is 9.48. The summed E-state index contributed by atoms with van der Waals surface area (Å²) in [5.41, 5.74) is 2.05. The number of carbonyl (C=O) groups is 2. The number of aromatic carboxylic acids is 1. The third kappa shape index (κ3) is 4.14. The van der Waals surface area contributed by atoms with Crippen LogP contribution in [0.3, 0.4) is 0 Å². The highest BCUT2D eigenvalue weighted by Crippen LogP contribution is 2.65. The molecule has 1 saturated carbocycles. The van der Waals surface area contributed by atoms with Gasteiger partial charge in [0, 0.05) is 25.3 Å². The summed E-state index contributed by atoms with van der Waals surface area (Å²) in [5.74, 6) is -0.605. The van der Waals surface area contributed by atoms with Gasteiger partial charge in [0.1, 0.15) is 6.10 Å². The third-order valence-corrected chi connectivity index (χ3v) is 7.63. The lowest BCUT2D eigenvalue weighted by atomic mass is 9.88. The van der Waals surface area contributed by atoms with Gasteiger partial charge in [0.05, 0.1) is 5.56 Å². The molecule has 3 fully saturated rings. The van der Waals surface area contributed by atoms with Crippen LogP contribution in [0.1, 0.15) is 65.9 Å². The number of benzene rings is 2. The smallest absolute Gasteiger partial charge is 0.335 e. The van der Waals surface area contributed by atoms with E-state index in [1.54, 1.807) is 0 Å². The molecule has 1 amide bonds. The topological polar surface area (TPSA) is 66.8 Å². The lowest BCUT2D eigenvalue weighted by Crippen LogP contribution is -2.44. The van der Waals surface area contributed by atoms with E-state index in [1.165, 1.54) is 23.8 Å². The van der Waals surface area contributed by atoms with Gasteiger partial charge in [-0.3, -0.25) is 4.79 Å². The largest absolute Gasteiger partial charge is 0.478 e. The standard InChI is InChI=1S/C26H27F2NO4/c27-23(28)19-8-7-18(25(31)32)14-20(19)16-3-5-17(6-4-16)21-15-26(21)9-11-29(12-10-26)24(30)22-2-1-13-33-22/h3-8,14,21-23H,1-2,9-13,15H2,(H,31,32)/t21-,22-/m1/s1. The Kier molecular flexibility index (Phi) is 5.69. The first-order valence-corrected chi connectivity index (χ1v) is 11.5. The van der Waals surface area contributed by atoms with Crippen LogP contribution in [0, 0.1) is 5.41 Å². The van der Waals surface area contributed by atoms with E-state index in [1.807, 2.05) is 29.2 Å². The van der Waals surface area contributed by atoms with Crippen LogP contribution in [-0.2, 0) is 9.53 Å². The zero-order valence-electron chi connectivity index (χ0n) is 18.3. The number of carboxylic acids is 1. The number of amides is 1. The van der Waals surface area contributed by atoms with Gasteiger partial charge < -0.3 is 14.7 Å². The molecule has 2 saturated heterocycles. The molecule has 3 aliphatic rings. The lowest BCUT2D eigenvalue weighted by Gasteiger charge is -2.34. The molecule has 5 nitrogen and oxygen atoms in total. The number of rotatable bonds is 5. The van der Waals surface area contributed by atoms with E-state index in [0.717, 1.165) is 45.2 Å². The van der Waals surface area contributed by atoms with Crippen molar-refractivity contribution in [2.24, 2.45) is 5.41 Å². The Labute approximate surface area is 191 Å². The number of carbonyl (C=O) groups excluding carboxylic acids is 1. The molecule has 7 heteroatoms. The maximum atomic E-state index is 13.5. The monoisotopic (exact) mass is 455 g/mol. The van der Waals surface area contributed by atoms with Gasteiger partial charge in [-0.1, -0.05) is 30.3 Å². The van der Waals surface area contributed by atoms with Gasteiger partial charge in [0.25, 0.3) is 12.3 Å². The molecular weight excluding hydrogens is 428 g/mol. The predicted molar refractivity (Wildman–Crippen MR) is 118 cm³/mol. The van der Waals surface area contributed by atoms with Gasteiger partial charge in [-0.15, -0.1) is 0 Å². The Morgan fingerprint density at radius 1 is 1.09 bits per heavy atom. The number of ether oxygens (including phenoxy) is 1. The number of hydrogen-bond donors (Lipinski definition) is 1. The van der Waals surface area contributed by atoms with Gasteiger partial charge >= 0.3 is 5.97 Å². The molecule has 1 N–H and O–H groups in total. The third-order valence-electron chi connectivity index (χ3n) is 7.63. The SMILES string of the molecule is O=C(O)c1ccc(C(F)F)c(-c2ccc([C@H]3CC34CCN(C(=O)[C@H]3CCCO3)CC4)cc2)c1. The van der Waals surface area contributed by atoms with Crippen molar-refractivity contribution in [3.05, 3.63) is 59.2 Å². The first kappa shape index (κ1) is 22.0. The minimum atomic E-state index is -2.68. The molecule has 5 rings (SSSR count). The molecule has 2 aliphatic heterocycles. The number of nitrogens with zero attached hydrogens (tertiary/aromatic N) is 1. The average molecular weight is 456 g/mol. The normalized spacial score (nSPS) is 23.8. The zero-order chi connectivity index (χ0) is 23.2. The van der Waals surface area contributed by atoms with Crippen molar-refractivity contribution in [2.75, 3.05) is 19.7 Å². The minimum absolute atomic E-state index is 0.0102. The average Bonchev–Trinajstić information content (AvgIpc) is 3.24. The van der Waals surface area contributed by atoms with Crippen molar-refractivity contribution in [2.45, 2.75) is 50.6 Å². The van der Waals surface area contributed by atoms with Gasteiger partial charge in [-0.2, -0.15) is 0 Å². The maximum Gasteiger partial charge on any atom is 0.335 e. The van der Waals surface area contributed by atoms with Gasteiger partial charge in [0.2, 0.25) is 0 Å². The molecule has 174 valence electrons. The Morgan fingerprint density at radius 3 is 2.42 bits per heavy atom. The molecule has 0 radical (unpaired) electrons. The number of alkyl halides is 2. The molecule has 0 unspecified atom stereocenters. The van der Waals surface area contributed by atoms with Crippen LogP contribution in [0.5, 0.6) is 0 Å². The summed E-state index contributed by atoms with van der Waals surface area (Å²) in [6, 6.07) is 11.3. The Bertz CT molecular complexity index is 1050. The molecule has 2 aromatic carbocycles. The summed E-state index contributed by atoms with van der Waals surface area (Å²) < 4.78 is 32.6. The van der Waals surface area contributed by atoms with Crippen molar-refractivity contribution >= 4 is 11.9 Å². The van der Waals surface area contributed by atoms with Gasteiger partial charge in [-0.25, -0.2) is 13.6 Å². The van der Waals surface area contributed by atoms with E-state index in [-0.39, 0.29) is 34.1 Å². The first-order chi connectivity index (χ1) is 15.9. The fraction of sp³-hybridized carbons (Fsp3) is 0.462. The molecule has 2 heterocycles. The molecule has 33 heavy (non-hydrogen) atoms. The molecule has 0 aromatic heterocycles. The van der Waals surface area contributed by atoms with Crippen LogP contribution >= 0.6 is 0 Å². The highest BCUT2D eigenvalue weighted by molar-refractivity contribution is 5.90. The number of piperidine rings is 1. The summed E-state index contributed by atoms with van der Waals surface area (Å²) in [6.07, 6.45) is 1.83. The number of hydrogen-bond acceptors (Lipinski definition) is 3. The second kappa shape index (κ2) is 8.52. The summed E-state index contributed by atoms with van der Waals surface area (Å²) >= 11 is 0. The van der Waals surface area contributed by atoms with E-state index in [2.05, 4.69) is 0 Å². The Morgan fingerprint density at radius 2 is 1.82 bits per heavy atom. The van der Waals surface area contributed by atoms with Crippen LogP contribution in [0.25, 0.3) is 11.1 Å². The fourth-order valence-electron chi connectivity index (χ4n) is 5.54. The van der Waals surface area contributed by atoms with Crippen molar-refractivity contribution in [3.8, 4) is 11.1 Å². The number of halogens is 2. The molecule has 2 aromatic rings. The Hall–Kier alpha value is -2.80. The van der Waals surface area contributed by atoms with E-state index in [4.69, 9.17) is 4.74 Å². The first-order valence-electron chi connectivity index (χ1n) is 11.5. The van der Waals surface area contributed by atoms with Crippen LogP contribution in [0.15, 0.2) is 42.5 Å². The summed E-state index contributed by atoms with van der Waals surface area (Å²) in [5, 5.41) is 9.25. The highest BCUT2D eigenvalue weighted by Gasteiger charge is 2.55. The highest BCUT2D eigenvalue weighted by atomic mass is 19.3. The lowest BCUT2D eigenvalue weighted by molar-refractivity contribution is -0.142. The van der Waals surface area contributed by atoms with Gasteiger partial charge in [-0.05, 0) is 72.3 Å². The minimum Gasteiger partial charge on any atom is -0.478 e. The Balaban J connectivity index is 1.28. The maximum absolute atomic E-state index is 13.5. The molecule has 1 aliphatic carbocycles. The van der Waals surface area contributed by atoms with E-state index < -0.39 is 12.4 Å². The van der Waals surface area contributed by atoms with Crippen molar-refractivity contribution < 1.29 is 28.2 Å². The molecular formula is C26H27F2NO4. The van der Waals surface area contributed by atoms with E-state index >= 15 is 0 Å². The fourth-order valence-corrected chi connectivity index (χ4v) is 5.54. The summed E-state index contributed by atoms with van der Waals surface area (Å²) in [4.78, 5) is 25.9. The number of likely N-dealkylation sites (tertiary alicyclic amines) is 1. The zero-order valence-corrected chi connectivity index (χ0v) is 18.3. The van der Waals surface area contributed by atoms with Gasteiger partial charge in [0.15, 0.2) is 0 Å². The van der Waals surface area contributed by atoms with Crippen LogP contribution in [-0.4, -0.2) is 47.7 Å². The van der Waals surface area contributed by atoms with Crippen molar-refractivity contribution in [3.63, 3.8) is 0 Å². The quantitative estimate of drug-likeness (QED) is 0.668.